The fourth-order valence-corrected chi connectivity index (χ4v) is 0.921. The summed E-state index contributed by atoms with van der Waals surface area (Å²) in [6, 6.07) is 3.50. The maximum Gasteiger partial charge on any atom is 0.129 e. The summed E-state index contributed by atoms with van der Waals surface area (Å²) in [6.07, 6.45) is 0. The molecule has 0 aromatic carbocycles. The molecule has 3 nitrogen and oxygen atoms in total. The fraction of sp³-hybridized carbons (Fsp3) is 0.500. The molecule has 0 aliphatic carbocycles. The zero-order valence-corrected chi connectivity index (χ0v) is 7.38. The van der Waals surface area contributed by atoms with Crippen molar-refractivity contribution in [3.8, 4) is 0 Å². The Hall–Kier alpha value is -0.510. The van der Waals surface area contributed by atoms with Gasteiger partial charge >= 0.3 is 0 Å². The molecule has 1 aromatic heterocycles. The van der Waals surface area contributed by atoms with Crippen LogP contribution in [0.15, 0.2) is 16.5 Å². The summed E-state index contributed by atoms with van der Waals surface area (Å²) in [6.45, 7) is 0.846. The third-order valence-corrected chi connectivity index (χ3v) is 1.49. The maximum atomic E-state index is 8.67. The molecular weight excluding hydrogens is 180 g/mol. The van der Waals surface area contributed by atoms with E-state index in [1.807, 2.05) is 0 Å². The van der Waals surface area contributed by atoms with Crippen LogP contribution in [-0.2, 0) is 18.0 Å². The summed E-state index contributed by atoms with van der Waals surface area (Å²) in [5.41, 5.74) is 0. The lowest BCUT2D eigenvalue weighted by Crippen LogP contribution is -1.94. The molecule has 1 heterocycles. The SMILES string of the molecule is OCc1ccc(COCCCl)o1. The number of ether oxygens (including phenoxy) is 1. The fourth-order valence-electron chi connectivity index (χ4n) is 0.812. The van der Waals surface area contributed by atoms with E-state index >= 15 is 0 Å². The van der Waals surface area contributed by atoms with Gasteiger partial charge in [0.05, 0.1) is 6.61 Å². The molecule has 0 spiro atoms. The van der Waals surface area contributed by atoms with Crippen LogP contribution in [0.3, 0.4) is 0 Å². The van der Waals surface area contributed by atoms with E-state index in [9.17, 15) is 0 Å². The first kappa shape index (κ1) is 9.58. The molecule has 1 rings (SSSR count). The van der Waals surface area contributed by atoms with E-state index in [0.717, 1.165) is 0 Å². The average Bonchev–Trinajstić information content (AvgIpc) is 2.53. The number of hydrogen-bond acceptors (Lipinski definition) is 3. The van der Waals surface area contributed by atoms with Crippen LogP contribution in [-0.4, -0.2) is 17.6 Å². The zero-order valence-electron chi connectivity index (χ0n) is 6.62. The van der Waals surface area contributed by atoms with Gasteiger partial charge in [0.25, 0.3) is 0 Å². The predicted molar refractivity (Wildman–Crippen MR) is 45.0 cm³/mol. The largest absolute Gasteiger partial charge is 0.461 e. The number of halogens is 1. The second-order valence-corrected chi connectivity index (χ2v) is 2.65. The Bertz CT molecular complexity index is 222. The van der Waals surface area contributed by atoms with Crippen molar-refractivity contribution < 1.29 is 14.3 Å². The monoisotopic (exact) mass is 190 g/mol. The molecule has 0 aliphatic rings. The Morgan fingerprint density at radius 2 is 2.17 bits per heavy atom. The van der Waals surface area contributed by atoms with Gasteiger partial charge < -0.3 is 14.3 Å². The topological polar surface area (TPSA) is 42.6 Å². The van der Waals surface area contributed by atoms with Gasteiger partial charge in [-0.25, -0.2) is 0 Å². The number of furan rings is 1. The molecule has 68 valence electrons. The van der Waals surface area contributed by atoms with Gasteiger partial charge in [-0.2, -0.15) is 0 Å². The van der Waals surface area contributed by atoms with Crippen molar-refractivity contribution in [1.82, 2.24) is 0 Å². The summed E-state index contributed by atoms with van der Waals surface area (Å²) < 4.78 is 10.3. The highest BCUT2D eigenvalue weighted by molar-refractivity contribution is 6.17. The van der Waals surface area contributed by atoms with E-state index in [1.165, 1.54) is 0 Å². The van der Waals surface area contributed by atoms with Crippen LogP contribution in [0.1, 0.15) is 11.5 Å². The molecular formula is C8H11ClO3. The van der Waals surface area contributed by atoms with Gasteiger partial charge in [0.1, 0.15) is 24.7 Å². The normalized spacial score (nSPS) is 10.5. The van der Waals surface area contributed by atoms with Crippen molar-refractivity contribution in [2.24, 2.45) is 0 Å². The average molecular weight is 191 g/mol. The van der Waals surface area contributed by atoms with Gasteiger partial charge in [0.2, 0.25) is 0 Å². The minimum absolute atomic E-state index is 0.0739. The lowest BCUT2D eigenvalue weighted by atomic mass is 10.4. The van der Waals surface area contributed by atoms with Crippen LogP contribution in [0.2, 0.25) is 0 Å². The van der Waals surface area contributed by atoms with Crippen LogP contribution in [0.25, 0.3) is 0 Å². The van der Waals surface area contributed by atoms with Gasteiger partial charge in [-0.05, 0) is 12.1 Å². The molecule has 0 amide bonds. The van der Waals surface area contributed by atoms with Gasteiger partial charge in [-0.3, -0.25) is 0 Å². The Morgan fingerprint density at radius 3 is 2.75 bits per heavy atom. The smallest absolute Gasteiger partial charge is 0.129 e. The molecule has 0 bridgehead atoms. The van der Waals surface area contributed by atoms with Gasteiger partial charge in [0, 0.05) is 5.88 Å². The summed E-state index contributed by atoms with van der Waals surface area (Å²) in [5.74, 6) is 1.75. The van der Waals surface area contributed by atoms with Crippen LogP contribution in [0.4, 0.5) is 0 Å². The van der Waals surface area contributed by atoms with Gasteiger partial charge in [-0.15, -0.1) is 11.6 Å². The second kappa shape index (κ2) is 5.19. The van der Waals surface area contributed by atoms with E-state index in [2.05, 4.69) is 0 Å². The van der Waals surface area contributed by atoms with Crippen molar-refractivity contribution >= 4 is 11.6 Å². The molecule has 12 heavy (non-hydrogen) atoms. The summed E-state index contributed by atoms with van der Waals surface area (Å²) in [7, 11) is 0. The minimum atomic E-state index is -0.0739. The van der Waals surface area contributed by atoms with Crippen molar-refractivity contribution in [2.75, 3.05) is 12.5 Å². The van der Waals surface area contributed by atoms with E-state index in [4.69, 9.17) is 25.9 Å². The first-order chi connectivity index (χ1) is 5.86. The third-order valence-electron chi connectivity index (χ3n) is 1.34. The van der Waals surface area contributed by atoms with E-state index in [-0.39, 0.29) is 6.61 Å². The van der Waals surface area contributed by atoms with Gasteiger partial charge in [-0.1, -0.05) is 0 Å². The molecule has 0 saturated carbocycles. The van der Waals surface area contributed by atoms with E-state index < -0.39 is 0 Å². The number of hydrogen-bond donors (Lipinski definition) is 1. The number of aliphatic hydroxyl groups excluding tert-OH is 1. The Morgan fingerprint density at radius 1 is 1.42 bits per heavy atom. The van der Waals surface area contributed by atoms with Crippen LogP contribution < -0.4 is 0 Å². The van der Waals surface area contributed by atoms with E-state index in [1.54, 1.807) is 12.1 Å². The minimum Gasteiger partial charge on any atom is -0.461 e. The van der Waals surface area contributed by atoms with Gasteiger partial charge in [0.15, 0.2) is 0 Å². The molecule has 0 saturated heterocycles. The highest BCUT2D eigenvalue weighted by Gasteiger charge is 1.99. The maximum absolute atomic E-state index is 8.67. The Balaban J connectivity index is 2.31. The van der Waals surface area contributed by atoms with Crippen molar-refractivity contribution in [1.29, 1.82) is 0 Å². The Labute approximate surface area is 75.9 Å². The molecule has 0 aliphatic heterocycles. The quantitative estimate of drug-likeness (QED) is 0.566. The first-order valence-electron chi connectivity index (χ1n) is 3.69. The lowest BCUT2D eigenvalue weighted by Gasteiger charge is -1.97. The second-order valence-electron chi connectivity index (χ2n) is 2.27. The predicted octanol–water partition coefficient (Wildman–Crippen LogP) is 1.53. The first-order valence-corrected chi connectivity index (χ1v) is 4.22. The Kier molecular flexibility index (Phi) is 4.14. The number of aliphatic hydroxyl groups is 1. The summed E-state index contributed by atoms with van der Waals surface area (Å²) in [5, 5.41) is 8.67. The van der Waals surface area contributed by atoms with Crippen LogP contribution in [0, 0.1) is 0 Å². The van der Waals surface area contributed by atoms with Crippen molar-refractivity contribution in [3.63, 3.8) is 0 Å². The van der Waals surface area contributed by atoms with Crippen LogP contribution >= 0.6 is 11.6 Å². The van der Waals surface area contributed by atoms with Crippen molar-refractivity contribution in [2.45, 2.75) is 13.2 Å². The molecule has 1 N–H and O–H groups in total. The highest BCUT2D eigenvalue weighted by atomic mass is 35.5. The number of alkyl halides is 1. The zero-order chi connectivity index (χ0) is 8.81. The molecule has 0 atom stereocenters. The molecule has 0 fully saturated rings. The molecule has 0 unspecified atom stereocenters. The highest BCUT2D eigenvalue weighted by Crippen LogP contribution is 2.08. The van der Waals surface area contributed by atoms with E-state index in [0.29, 0.717) is 30.6 Å². The summed E-state index contributed by atoms with van der Waals surface area (Å²) in [4.78, 5) is 0. The number of rotatable bonds is 5. The molecule has 1 aromatic rings. The third kappa shape index (κ3) is 2.85. The standard InChI is InChI=1S/C8H11ClO3/c9-3-4-11-6-8-2-1-7(5-10)12-8/h1-2,10H,3-6H2. The van der Waals surface area contributed by atoms with Crippen molar-refractivity contribution in [3.05, 3.63) is 23.7 Å². The molecule has 0 radical (unpaired) electrons. The summed E-state index contributed by atoms with van der Waals surface area (Å²) >= 11 is 5.40. The molecule has 4 heteroatoms. The van der Waals surface area contributed by atoms with Crippen LogP contribution in [0.5, 0.6) is 0 Å². The lowest BCUT2D eigenvalue weighted by molar-refractivity contribution is 0.116.